The van der Waals surface area contributed by atoms with Crippen molar-refractivity contribution in [2.45, 2.75) is 63.3 Å². The zero-order valence-corrected chi connectivity index (χ0v) is 32.4. The number of methoxy groups -OCH3 is 4. The molecule has 0 amide bonds. The van der Waals surface area contributed by atoms with Crippen LogP contribution in [0.1, 0.15) is 63.9 Å². The van der Waals surface area contributed by atoms with Crippen molar-refractivity contribution < 1.29 is 33.5 Å². The van der Waals surface area contributed by atoms with E-state index in [-0.39, 0.29) is 18.2 Å². The summed E-state index contributed by atoms with van der Waals surface area (Å²) in [7, 11) is 11.2. The summed E-state index contributed by atoms with van der Waals surface area (Å²) in [6.07, 6.45) is 4.54. The number of likely N-dealkylation sites (tertiary alicyclic amines) is 1. The molecular weight excluding hydrogens is 682 g/mol. The SMILES string of the molecule is COc1ccc2cc1Oc1ccc(cc1)C[C@H]1c3cc(c(OC)cc3CCN1C)Oc1c(OC)c(OC)c(CN3CCC(O)CC3)c3c1[C@H](C2)N(C)CC3. The van der Waals surface area contributed by atoms with Gasteiger partial charge in [-0.1, -0.05) is 18.2 Å². The largest absolute Gasteiger partial charge is 0.493 e. The second-order valence-corrected chi connectivity index (χ2v) is 15.2. The zero-order chi connectivity index (χ0) is 37.5. The molecule has 9 rings (SSSR count). The van der Waals surface area contributed by atoms with E-state index in [9.17, 15) is 5.11 Å². The van der Waals surface area contributed by atoms with Gasteiger partial charge in [0.1, 0.15) is 5.75 Å². The minimum Gasteiger partial charge on any atom is -0.493 e. The Labute approximate surface area is 319 Å². The first-order valence-corrected chi connectivity index (χ1v) is 19.2. The summed E-state index contributed by atoms with van der Waals surface area (Å²) in [6, 6.07) is 19.1. The van der Waals surface area contributed by atoms with Gasteiger partial charge in [-0.25, -0.2) is 0 Å². The maximum atomic E-state index is 10.3. The normalized spacial score (nSPS) is 20.6. The van der Waals surface area contributed by atoms with Gasteiger partial charge in [0, 0.05) is 55.9 Å². The van der Waals surface area contributed by atoms with Gasteiger partial charge >= 0.3 is 0 Å². The Kier molecular flexibility index (Phi) is 10.4. The first kappa shape index (κ1) is 36.5. The maximum absolute atomic E-state index is 10.3. The second-order valence-electron chi connectivity index (χ2n) is 15.2. The molecule has 0 aromatic heterocycles. The molecule has 2 atom stereocenters. The Bertz CT molecular complexity index is 1990. The van der Waals surface area contributed by atoms with Gasteiger partial charge in [-0.05, 0) is 117 Å². The fourth-order valence-corrected chi connectivity index (χ4v) is 8.97. The van der Waals surface area contributed by atoms with Gasteiger partial charge in [-0.3, -0.25) is 14.7 Å². The predicted octanol–water partition coefficient (Wildman–Crippen LogP) is 7.12. The lowest BCUT2D eigenvalue weighted by Crippen LogP contribution is -2.37. The highest BCUT2D eigenvalue weighted by Gasteiger charge is 2.38. The number of fused-ring (bicyclic) bond motifs is 2. The molecule has 0 unspecified atom stereocenters. The highest BCUT2D eigenvalue weighted by Crippen LogP contribution is 2.54. The summed E-state index contributed by atoms with van der Waals surface area (Å²) in [4.78, 5) is 7.27. The lowest BCUT2D eigenvalue weighted by atomic mass is 9.84. The lowest BCUT2D eigenvalue weighted by Gasteiger charge is -2.39. The molecule has 5 heterocycles. The molecule has 286 valence electrons. The van der Waals surface area contributed by atoms with Gasteiger partial charge < -0.3 is 33.5 Å². The molecule has 0 saturated carbocycles. The molecule has 4 aromatic carbocycles. The first-order valence-electron chi connectivity index (χ1n) is 19.2. The summed E-state index contributed by atoms with van der Waals surface area (Å²) in [5.74, 6) is 5.39. The quantitative estimate of drug-likeness (QED) is 0.221. The van der Waals surface area contributed by atoms with Crippen LogP contribution in [0.25, 0.3) is 0 Å². The van der Waals surface area contributed by atoms with Crippen LogP contribution in [0.15, 0.2) is 54.6 Å². The molecule has 54 heavy (non-hydrogen) atoms. The van der Waals surface area contributed by atoms with Crippen molar-refractivity contribution in [1.82, 2.24) is 14.7 Å². The van der Waals surface area contributed by atoms with Crippen LogP contribution < -0.4 is 28.4 Å². The number of benzene rings is 4. The maximum Gasteiger partial charge on any atom is 0.204 e. The minimum atomic E-state index is -0.252. The van der Waals surface area contributed by atoms with Crippen molar-refractivity contribution in [3.63, 3.8) is 0 Å². The smallest absolute Gasteiger partial charge is 0.204 e. The van der Waals surface area contributed by atoms with Crippen LogP contribution in [0.2, 0.25) is 0 Å². The second kappa shape index (κ2) is 15.3. The van der Waals surface area contributed by atoms with Gasteiger partial charge in [0.15, 0.2) is 34.5 Å². The third kappa shape index (κ3) is 6.85. The van der Waals surface area contributed by atoms with E-state index in [2.05, 4.69) is 77.3 Å². The molecule has 10 heteroatoms. The molecule has 10 nitrogen and oxygen atoms in total. The highest BCUT2D eigenvalue weighted by atomic mass is 16.5. The first-order chi connectivity index (χ1) is 26.3. The van der Waals surface area contributed by atoms with Gasteiger partial charge in [0.25, 0.3) is 0 Å². The number of rotatable bonds is 6. The molecule has 5 aliphatic heterocycles. The summed E-state index contributed by atoms with van der Waals surface area (Å²) in [5, 5.41) is 10.3. The molecule has 5 aliphatic rings. The number of hydrogen-bond acceptors (Lipinski definition) is 10. The van der Waals surface area contributed by atoms with E-state index in [1.54, 1.807) is 28.4 Å². The summed E-state index contributed by atoms with van der Waals surface area (Å²) in [5.41, 5.74) is 8.28. The number of piperidine rings is 1. The van der Waals surface area contributed by atoms with E-state index < -0.39 is 0 Å². The highest BCUT2D eigenvalue weighted by molar-refractivity contribution is 5.67. The average Bonchev–Trinajstić information content (AvgIpc) is 3.18. The standard InChI is InChI=1S/C44H53N3O7/c1-45-17-13-29-24-38(50-4)40-25-33(29)35(45)21-27-7-10-31(11-8-27)53-39-23-28(9-12-37(39)49-3)22-36-41-32(16-18-46(36)2)34(26-47-19-14-30(48)15-20-47)42(51-5)44(52-6)43(41)54-40/h7-12,23-25,30,35-36,48H,13-22,26H2,1-6H3/t35-,36-/m0/s1. The van der Waals surface area contributed by atoms with E-state index in [4.69, 9.17) is 28.4 Å². The van der Waals surface area contributed by atoms with Crippen molar-refractivity contribution in [3.8, 4) is 46.0 Å². The molecular formula is C44H53N3O7. The summed E-state index contributed by atoms with van der Waals surface area (Å²) >= 11 is 0. The molecule has 0 aliphatic carbocycles. The molecule has 1 saturated heterocycles. The molecule has 6 bridgehead atoms. The molecule has 4 aromatic rings. The number of likely N-dealkylation sites (N-methyl/N-ethyl adjacent to an activating group) is 2. The number of ether oxygens (including phenoxy) is 6. The average molecular weight is 736 g/mol. The van der Waals surface area contributed by atoms with Crippen molar-refractivity contribution in [2.75, 3.05) is 68.7 Å². The monoisotopic (exact) mass is 735 g/mol. The molecule has 0 spiro atoms. The number of aliphatic hydroxyl groups excluding tert-OH is 1. The van der Waals surface area contributed by atoms with E-state index >= 15 is 0 Å². The number of hydrogen-bond donors (Lipinski definition) is 1. The summed E-state index contributed by atoms with van der Waals surface area (Å²) < 4.78 is 38.3. The van der Waals surface area contributed by atoms with Gasteiger partial charge in [-0.2, -0.15) is 0 Å². The van der Waals surface area contributed by atoms with Gasteiger partial charge in [0.05, 0.1) is 34.5 Å². The Morgan fingerprint density at radius 3 is 2.07 bits per heavy atom. The van der Waals surface area contributed by atoms with Crippen LogP contribution in [0.4, 0.5) is 0 Å². The van der Waals surface area contributed by atoms with Gasteiger partial charge in [0.2, 0.25) is 5.75 Å². The Hall–Kier alpha value is -4.48. The van der Waals surface area contributed by atoms with E-state index in [1.165, 1.54) is 22.3 Å². The van der Waals surface area contributed by atoms with Crippen LogP contribution in [0, 0.1) is 0 Å². The Morgan fingerprint density at radius 2 is 1.35 bits per heavy atom. The van der Waals surface area contributed by atoms with E-state index in [1.807, 2.05) is 6.07 Å². The minimum absolute atomic E-state index is 0.0626. The van der Waals surface area contributed by atoms with Gasteiger partial charge in [-0.15, -0.1) is 0 Å². The number of nitrogens with zero attached hydrogens (tertiary/aromatic N) is 3. The predicted molar refractivity (Wildman–Crippen MR) is 208 cm³/mol. The van der Waals surface area contributed by atoms with Crippen LogP contribution in [0.3, 0.4) is 0 Å². The third-order valence-corrected chi connectivity index (χ3v) is 12.0. The number of aliphatic hydroxyl groups is 1. The fourth-order valence-electron chi connectivity index (χ4n) is 8.97. The molecule has 0 radical (unpaired) electrons. The van der Waals surface area contributed by atoms with Crippen LogP contribution in [-0.4, -0.2) is 94.6 Å². The topological polar surface area (TPSA) is 85.3 Å². The van der Waals surface area contributed by atoms with Crippen molar-refractivity contribution >= 4 is 0 Å². The lowest BCUT2D eigenvalue weighted by molar-refractivity contribution is 0.0785. The molecule has 1 fully saturated rings. The van der Waals surface area contributed by atoms with Crippen LogP contribution >= 0.6 is 0 Å². The summed E-state index contributed by atoms with van der Waals surface area (Å²) in [6.45, 7) is 4.15. The molecule has 1 N–H and O–H groups in total. The third-order valence-electron chi connectivity index (χ3n) is 12.0. The van der Waals surface area contributed by atoms with Crippen LogP contribution in [0.5, 0.6) is 46.0 Å². The Balaban J connectivity index is 1.36. The Morgan fingerprint density at radius 1 is 0.685 bits per heavy atom. The van der Waals surface area contributed by atoms with Crippen molar-refractivity contribution in [1.29, 1.82) is 0 Å². The van der Waals surface area contributed by atoms with Crippen LogP contribution in [-0.2, 0) is 32.2 Å². The fraction of sp³-hybridized carbons (Fsp3) is 0.455. The van der Waals surface area contributed by atoms with Crippen molar-refractivity contribution in [2.24, 2.45) is 0 Å². The zero-order valence-electron chi connectivity index (χ0n) is 32.4. The van der Waals surface area contributed by atoms with E-state index in [0.717, 1.165) is 80.7 Å². The van der Waals surface area contributed by atoms with Crippen molar-refractivity contribution in [3.05, 3.63) is 93.5 Å². The van der Waals surface area contributed by atoms with E-state index in [0.29, 0.717) is 53.2 Å².